The third-order valence-corrected chi connectivity index (χ3v) is 7.86. The summed E-state index contributed by atoms with van der Waals surface area (Å²) in [6.45, 7) is 7.44. The van der Waals surface area contributed by atoms with Crippen molar-refractivity contribution >= 4 is 27.8 Å². The Balaban J connectivity index is 1.68. The number of amides is 2. The van der Waals surface area contributed by atoms with Crippen molar-refractivity contribution in [2.24, 2.45) is 5.92 Å². The van der Waals surface area contributed by atoms with Gasteiger partial charge in [0.25, 0.3) is 11.8 Å². The fourth-order valence-corrected chi connectivity index (χ4v) is 5.40. The van der Waals surface area contributed by atoms with E-state index in [2.05, 4.69) is 5.32 Å². The van der Waals surface area contributed by atoms with Gasteiger partial charge in [-0.3, -0.25) is 9.59 Å². The Hall–Kier alpha value is -2.50. The van der Waals surface area contributed by atoms with Crippen molar-refractivity contribution < 1.29 is 32.3 Å². The SMILES string of the molecule is CC(OC(=O)[C@@H](NC(=O)c1cccc(S(=O)(=O)N2CCOCC2)c1)C(C)C)C(=O)N1CCCC1. The molecule has 2 fully saturated rings. The number of carbonyl (C=O) groups excluding carboxylic acids is 3. The molecule has 2 aliphatic heterocycles. The molecule has 0 radical (unpaired) electrons. The van der Waals surface area contributed by atoms with Crippen molar-refractivity contribution in [1.29, 1.82) is 0 Å². The topological polar surface area (TPSA) is 122 Å². The minimum absolute atomic E-state index is 0.00412. The second-order valence-electron chi connectivity index (χ2n) is 8.85. The molecule has 0 aromatic heterocycles. The van der Waals surface area contributed by atoms with Gasteiger partial charge in [0.05, 0.1) is 18.1 Å². The third-order valence-electron chi connectivity index (χ3n) is 5.97. The average molecular weight is 496 g/mol. The van der Waals surface area contributed by atoms with Crippen molar-refractivity contribution in [1.82, 2.24) is 14.5 Å². The van der Waals surface area contributed by atoms with E-state index in [1.807, 2.05) is 0 Å². The first-order valence-electron chi connectivity index (χ1n) is 11.6. The summed E-state index contributed by atoms with van der Waals surface area (Å²) in [6.07, 6.45) is 0.903. The number of ether oxygens (including phenoxy) is 2. The zero-order valence-corrected chi connectivity index (χ0v) is 20.7. The molecule has 0 bridgehead atoms. The van der Waals surface area contributed by atoms with Crippen LogP contribution in [0.3, 0.4) is 0 Å². The Labute approximate surface area is 200 Å². The molecule has 0 spiro atoms. The summed E-state index contributed by atoms with van der Waals surface area (Å²) >= 11 is 0. The van der Waals surface area contributed by atoms with E-state index in [-0.39, 0.29) is 35.4 Å². The van der Waals surface area contributed by atoms with Gasteiger partial charge in [0.15, 0.2) is 6.10 Å². The molecule has 34 heavy (non-hydrogen) atoms. The number of carbonyl (C=O) groups is 3. The minimum Gasteiger partial charge on any atom is -0.451 e. The summed E-state index contributed by atoms with van der Waals surface area (Å²) in [4.78, 5) is 39.9. The number of likely N-dealkylation sites (tertiary alicyclic amines) is 1. The number of hydrogen-bond acceptors (Lipinski definition) is 7. The van der Waals surface area contributed by atoms with Gasteiger partial charge in [0.2, 0.25) is 10.0 Å². The highest BCUT2D eigenvalue weighted by Crippen LogP contribution is 2.19. The zero-order chi connectivity index (χ0) is 24.9. The van der Waals surface area contributed by atoms with E-state index in [4.69, 9.17) is 9.47 Å². The van der Waals surface area contributed by atoms with Gasteiger partial charge < -0.3 is 19.7 Å². The van der Waals surface area contributed by atoms with Gasteiger partial charge in [-0.1, -0.05) is 19.9 Å². The van der Waals surface area contributed by atoms with E-state index in [1.54, 1.807) is 18.7 Å². The fraction of sp³-hybridized carbons (Fsp3) is 0.609. The van der Waals surface area contributed by atoms with Crippen molar-refractivity contribution in [3.8, 4) is 0 Å². The van der Waals surface area contributed by atoms with E-state index in [1.165, 1.54) is 35.5 Å². The summed E-state index contributed by atoms with van der Waals surface area (Å²) in [6, 6.07) is 4.70. The summed E-state index contributed by atoms with van der Waals surface area (Å²) in [7, 11) is -3.77. The van der Waals surface area contributed by atoms with Crippen LogP contribution in [0.5, 0.6) is 0 Å². The number of benzene rings is 1. The lowest BCUT2D eigenvalue weighted by Crippen LogP contribution is -2.48. The second-order valence-corrected chi connectivity index (χ2v) is 10.8. The van der Waals surface area contributed by atoms with Crippen LogP contribution in [-0.2, 0) is 29.1 Å². The van der Waals surface area contributed by atoms with Crippen molar-refractivity contribution in [2.45, 2.75) is 50.7 Å². The lowest BCUT2D eigenvalue weighted by atomic mass is 10.0. The first-order chi connectivity index (χ1) is 16.1. The highest BCUT2D eigenvalue weighted by atomic mass is 32.2. The van der Waals surface area contributed by atoms with E-state index >= 15 is 0 Å². The van der Waals surface area contributed by atoms with E-state index in [0.29, 0.717) is 26.3 Å². The normalized spacial score (nSPS) is 19.0. The van der Waals surface area contributed by atoms with Crippen LogP contribution in [-0.4, -0.2) is 86.9 Å². The molecule has 1 N–H and O–H groups in total. The molecule has 188 valence electrons. The predicted molar refractivity (Wildman–Crippen MR) is 123 cm³/mol. The quantitative estimate of drug-likeness (QED) is 0.534. The first-order valence-corrected chi connectivity index (χ1v) is 13.0. The molecule has 1 aromatic rings. The summed E-state index contributed by atoms with van der Waals surface area (Å²) in [5.41, 5.74) is 0.106. The number of morpholine rings is 1. The van der Waals surface area contributed by atoms with Crippen LogP contribution >= 0.6 is 0 Å². The van der Waals surface area contributed by atoms with Gasteiger partial charge in [-0.05, 0) is 43.9 Å². The maximum atomic E-state index is 12.9. The van der Waals surface area contributed by atoms with Gasteiger partial charge in [0, 0.05) is 31.7 Å². The average Bonchev–Trinajstić information content (AvgIpc) is 3.37. The molecule has 2 aliphatic rings. The maximum Gasteiger partial charge on any atom is 0.329 e. The third kappa shape index (κ3) is 6.13. The monoisotopic (exact) mass is 495 g/mol. The Bertz CT molecular complexity index is 1000. The first kappa shape index (κ1) is 26.1. The van der Waals surface area contributed by atoms with E-state index in [9.17, 15) is 22.8 Å². The van der Waals surface area contributed by atoms with Crippen LogP contribution in [0, 0.1) is 5.92 Å². The highest BCUT2D eigenvalue weighted by Gasteiger charge is 2.32. The predicted octanol–water partition coefficient (Wildman–Crippen LogP) is 1.02. The lowest BCUT2D eigenvalue weighted by Gasteiger charge is -2.26. The lowest BCUT2D eigenvalue weighted by molar-refractivity contribution is -0.161. The standard InChI is InChI=1S/C23H33N3O7S/c1-16(2)20(23(29)33-17(3)22(28)25-9-4-5-10-25)24-21(27)18-7-6-8-19(15-18)34(30,31)26-11-13-32-14-12-26/h6-8,15-17,20H,4-5,9-14H2,1-3H3,(H,24,27)/t17?,20-/m0/s1. The molecule has 11 heteroatoms. The Morgan fingerprint density at radius 3 is 2.29 bits per heavy atom. The van der Waals surface area contributed by atoms with Gasteiger partial charge in [-0.15, -0.1) is 0 Å². The van der Waals surface area contributed by atoms with Crippen LogP contribution in [0.15, 0.2) is 29.2 Å². The number of rotatable bonds is 8. The van der Waals surface area contributed by atoms with Gasteiger partial charge in [-0.25, -0.2) is 13.2 Å². The molecule has 10 nitrogen and oxygen atoms in total. The molecule has 3 rings (SSSR count). The van der Waals surface area contributed by atoms with Crippen LogP contribution in [0.1, 0.15) is 44.0 Å². The summed E-state index contributed by atoms with van der Waals surface area (Å²) < 4.78 is 37.8. The van der Waals surface area contributed by atoms with Crippen LogP contribution < -0.4 is 5.32 Å². The van der Waals surface area contributed by atoms with Crippen LogP contribution in [0.4, 0.5) is 0 Å². The maximum absolute atomic E-state index is 12.9. The fourth-order valence-electron chi connectivity index (χ4n) is 3.95. The van der Waals surface area contributed by atoms with Crippen molar-refractivity contribution in [2.75, 3.05) is 39.4 Å². The van der Waals surface area contributed by atoms with E-state index in [0.717, 1.165) is 12.8 Å². The largest absolute Gasteiger partial charge is 0.451 e. The molecule has 0 aliphatic carbocycles. The minimum atomic E-state index is -3.77. The van der Waals surface area contributed by atoms with Crippen molar-refractivity contribution in [3.05, 3.63) is 29.8 Å². The smallest absolute Gasteiger partial charge is 0.329 e. The Morgan fingerprint density at radius 2 is 1.68 bits per heavy atom. The Morgan fingerprint density at radius 1 is 1.03 bits per heavy atom. The second kappa shape index (κ2) is 11.3. The molecule has 2 amide bonds. The number of esters is 1. The molecule has 1 aromatic carbocycles. The summed E-state index contributed by atoms with van der Waals surface area (Å²) in [5.74, 6) is -1.87. The van der Waals surface area contributed by atoms with Crippen LogP contribution in [0.2, 0.25) is 0 Å². The van der Waals surface area contributed by atoms with E-state index < -0.39 is 34.0 Å². The number of nitrogens with one attached hydrogen (secondary N) is 1. The Kier molecular flexibility index (Phi) is 8.67. The molecule has 1 unspecified atom stereocenters. The summed E-state index contributed by atoms with van der Waals surface area (Å²) in [5, 5.41) is 2.64. The molecule has 0 saturated carbocycles. The molecule has 2 heterocycles. The number of sulfonamides is 1. The van der Waals surface area contributed by atoms with Gasteiger partial charge >= 0.3 is 5.97 Å². The van der Waals surface area contributed by atoms with Crippen LogP contribution in [0.25, 0.3) is 0 Å². The highest BCUT2D eigenvalue weighted by molar-refractivity contribution is 7.89. The number of hydrogen-bond donors (Lipinski definition) is 1. The molecular formula is C23H33N3O7S. The molecule has 2 atom stereocenters. The molecular weight excluding hydrogens is 462 g/mol. The number of nitrogens with zero attached hydrogens (tertiary/aromatic N) is 2. The van der Waals surface area contributed by atoms with Gasteiger partial charge in [-0.2, -0.15) is 4.31 Å². The van der Waals surface area contributed by atoms with Gasteiger partial charge in [0.1, 0.15) is 6.04 Å². The van der Waals surface area contributed by atoms with Crippen molar-refractivity contribution in [3.63, 3.8) is 0 Å². The molecule has 2 saturated heterocycles. The zero-order valence-electron chi connectivity index (χ0n) is 19.9.